The lowest BCUT2D eigenvalue weighted by molar-refractivity contribution is -0.120. The molecule has 0 amide bonds. The third-order valence-electron chi connectivity index (χ3n) is 6.89. The van der Waals surface area contributed by atoms with E-state index in [1.165, 1.54) is 6.07 Å². The molecule has 2 aromatic carbocycles. The van der Waals surface area contributed by atoms with Crippen molar-refractivity contribution in [1.82, 2.24) is 19.4 Å². The third-order valence-corrected chi connectivity index (χ3v) is 6.89. The topological polar surface area (TPSA) is 81.5 Å². The van der Waals surface area contributed by atoms with Gasteiger partial charge in [-0.05, 0) is 55.7 Å². The molecule has 2 aromatic heterocycles. The highest BCUT2D eigenvalue weighted by Gasteiger charge is 2.20. The van der Waals surface area contributed by atoms with Crippen molar-refractivity contribution in [1.29, 1.82) is 0 Å². The van der Waals surface area contributed by atoms with Crippen molar-refractivity contribution < 1.29 is 18.7 Å². The lowest BCUT2D eigenvalue weighted by Gasteiger charge is -2.30. The van der Waals surface area contributed by atoms with Gasteiger partial charge in [-0.3, -0.25) is 14.7 Å². The van der Waals surface area contributed by atoms with Crippen LogP contribution in [0.1, 0.15) is 24.1 Å². The summed E-state index contributed by atoms with van der Waals surface area (Å²) in [6.07, 6.45) is 4.10. The zero-order valence-corrected chi connectivity index (χ0v) is 21.9. The Morgan fingerprint density at radius 2 is 1.89 bits per heavy atom. The summed E-state index contributed by atoms with van der Waals surface area (Å²) in [7, 11) is 3.61. The number of aryl methyl sites for hydroxylation is 2. The van der Waals surface area contributed by atoms with E-state index in [2.05, 4.69) is 20.2 Å². The predicted molar refractivity (Wildman–Crippen MR) is 145 cm³/mol. The fourth-order valence-corrected chi connectivity index (χ4v) is 4.77. The molecule has 1 saturated heterocycles. The molecule has 5 rings (SSSR count). The molecule has 38 heavy (non-hydrogen) atoms. The third kappa shape index (κ3) is 6.00. The lowest BCUT2D eigenvalue weighted by Crippen LogP contribution is -2.39. The summed E-state index contributed by atoms with van der Waals surface area (Å²) in [4.78, 5) is 23.8. The molecule has 198 valence electrons. The van der Waals surface area contributed by atoms with Gasteiger partial charge in [0.25, 0.3) is 0 Å². The number of nitrogens with one attached hydrogen (secondary N) is 1. The van der Waals surface area contributed by atoms with Crippen molar-refractivity contribution in [2.24, 2.45) is 7.05 Å². The molecular weight excluding hydrogens is 485 g/mol. The van der Waals surface area contributed by atoms with Gasteiger partial charge in [0.05, 0.1) is 41.5 Å². The number of rotatable bonds is 9. The van der Waals surface area contributed by atoms with Crippen LogP contribution in [-0.2, 0) is 23.0 Å². The van der Waals surface area contributed by atoms with E-state index in [-0.39, 0.29) is 18.0 Å². The van der Waals surface area contributed by atoms with Gasteiger partial charge in [-0.15, -0.1) is 0 Å². The van der Waals surface area contributed by atoms with Crippen molar-refractivity contribution in [3.05, 3.63) is 71.8 Å². The van der Waals surface area contributed by atoms with Crippen molar-refractivity contribution >= 4 is 28.5 Å². The number of anilines is 2. The monoisotopic (exact) mass is 517 g/mol. The van der Waals surface area contributed by atoms with E-state index in [1.54, 1.807) is 37.6 Å². The quantitative estimate of drug-likeness (QED) is 0.328. The molecule has 0 radical (unpaired) electrons. The number of hydrogen-bond acceptors (Lipinski definition) is 7. The molecule has 0 unspecified atom stereocenters. The summed E-state index contributed by atoms with van der Waals surface area (Å²) in [6.45, 7) is 4.07. The van der Waals surface area contributed by atoms with Crippen LogP contribution < -0.4 is 10.1 Å². The van der Waals surface area contributed by atoms with Crippen LogP contribution in [0.15, 0.2) is 54.7 Å². The Morgan fingerprint density at radius 3 is 2.68 bits per heavy atom. The van der Waals surface area contributed by atoms with E-state index in [0.717, 1.165) is 37.0 Å². The van der Waals surface area contributed by atoms with Gasteiger partial charge >= 0.3 is 0 Å². The summed E-state index contributed by atoms with van der Waals surface area (Å²) in [5, 5.41) is 3.09. The minimum absolute atomic E-state index is 0.130. The average molecular weight is 518 g/mol. The maximum absolute atomic E-state index is 14.3. The average Bonchev–Trinajstić information content (AvgIpc) is 3.21. The fraction of sp³-hybridized carbons (Fsp3) is 0.345. The normalized spacial score (nSPS) is 14.6. The molecular formula is C29H32FN5O3. The first-order chi connectivity index (χ1) is 18.4. The molecule has 1 fully saturated rings. The van der Waals surface area contributed by atoms with Crippen LogP contribution in [0.3, 0.4) is 0 Å². The molecule has 1 aliphatic rings. The number of pyridine rings is 1. The van der Waals surface area contributed by atoms with Gasteiger partial charge in [-0.1, -0.05) is 6.07 Å². The second kappa shape index (κ2) is 11.3. The van der Waals surface area contributed by atoms with Crippen LogP contribution in [0.25, 0.3) is 11.0 Å². The molecule has 4 aromatic rings. The van der Waals surface area contributed by atoms with Gasteiger partial charge in [0.1, 0.15) is 17.3 Å². The predicted octanol–water partition coefficient (Wildman–Crippen LogP) is 5.17. The zero-order valence-electron chi connectivity index (χ0n) is 21.9. The SMILES string of the molecule is COC1CCN(CC(=O)Cc2cc(Oc3ccc4c(c3)nc(Nc3cc(C)ccc3F)n4C)ccn2)CC1. The lowest BCUT2D eigenvalue weighted by atomic mass is 10.1. The number of imidazole rings is 1. The Labute approximate surface area is 221 Å². The number of ether oxygens (including phenoxy) is 2. The second-order valence-electron chi connectivity index (χ2n) is 9.76. The van der Waals surface area contributed by atoms with Crippen LogP contribution in [0.4, 0.5) is 16.0 Å². The van der Waals surface area contributed by atoms with Crippen molar-refractivity contribution in [3.63, 3.8) is 0 Å². The van der Waals surface area contributed by atoms with Crippen LogP contribution in [-0.4, -0.2) is 58.1 Å². The number of aromatic nitrogens is 3. The number of methoxy groups -OCH3 is 1. The molecule has 1 aliphatic heterocycles. The number of fused-ring (bicyclic) bond motifs is 1. The zero-order chi connectivity index (χ0) is 26.6. The first-order valence-corrected chi connectivity index (χ1v) is 12.8. The summed E-state index contributed by atoms with van der Waals surface area (Å²) >= 11 is 0. The highest BCUT2D eigenvalue weighted by molar-refractivity contribution is 5.83. The van der Waals surface area contributed by atoms with Crippen LogP contribution >= 0.6 is 0 Å². The van der Waals surface area contributed by atoms with E-state index in [9.17, 15) is 9.18 Å². The largest absolute Gasteiger partial charge is 0.457 e. The molecule has 0 aliphatic carbocycles. The van der Waals surface area contributed by atoms with Crippen molar-refractivity contribution in [3.8, 4) is 11.5 Å². The number of likely N-dealkylation sites (tertiary alicyclic amines) is 1. The molecule has 8 nitrogen and oxygen atoms in total. The number of benzene rings is 2. The molecule has 0 saturated carbocycles. The van der Waals surface area contributed by atoms with Crippen LogP contribution in [0.2, 0.25) is 0 Å². The van der Waals surface area contributed by atoms with E-state index >= 15 is 0 Å². The first kappa shape index (κ1) is 25.8. The Kier molecular flexibility index (Phi) is 7.67. The fourth-order valence-electron chi connectivity index (χ4n) is 4.77. The highest BCUT2D eigenvalue weighted by Crippen LogP contribution is 2.29. The van der Waals surface area contributed by atoms with Crippen LogP contribution in [0.5, 0.6) is 11.5 Å². The van der Waals surface area contributed by atoms with E-state index in [4.69, 9.17) is 9.47 Å². The van der Waals surface area contributed by atoms with E-state index in [0.29, 0.717) is 47.0 Å². The van der Waals surface area contributed by atoms with Gasteiger partial charge in [-0.2, -0.15) is 0 Å². The van der Waals surface area contributed by atoms with E-state index in [1.807, 2.05) is 36.7 Å². The molecule has 3 heterocycles. The Balaban J connectivity index is 1.24. The molecule has 1 N–H and O–H groups in total. The number of Topliss-reactive ketones (excluding diaryl/α,β-unsaturated/α-hetero) is 1. The Morgan fingerprint density at radius 1 is 1.11 bits per heavy atom. The van der Waals surface area contributed by atoms with Gasteiger partial charge in [0.15, 0.2) is 5.78 Å². The van der Waals surface area contributed by atoms with Crippen molar-refractivity contribution in [2.45, 2.75) is 32.3 Å². The molecule has 0 bridgehead atoms. The second-order valence-corrected chi connectivity index (χ2v) is 9.76. The number of halogens is 1. The van der Waals surface area contributed by atoms with E-state index < -0.39 is 0 Å². The Hall–Kier alpha value is -3.82. The van der Waals surface area contributed by atoms with Crippen LogP contribution in [0, 0.1) is 12.7 Å². The van der Waals surface area contributed by atoms with Crippen molar-refractivity contribution in [2.75, 3.05) is 32.1 Å². The number of nitrogens with zero attached hydrogens (tertiary/aromatic N) is 4. The highest BCUT2D eigenvalue weighted by atomic mass is 19.1. The van der Waals surface area contributed by atoms with Gasteiger partial charge in [-0.25, -0.2) is 9.37 Å². The number of hydrogen-bond donors (Lipinski definition) is 1. The number of ketones is 1. The maximum atomic E-state index is 14.3. The summed E-state index contributed by atoms with van der Waals surface area (Å²) in [5.41, 5.74) is 3.59. The Bertz CT molecular complexity index is 1450. The summed E-state index contributed by atoms with van der Waals surface area (Å²) in [5.74, 6) is 1.52. The number of carbonyl (C=O) groups excluding carboxylic acids is 1. The van der Waals surface area contributed by atoms with Gasteiger partial charge in [0.2, 0.25) is 5.95 Å². The number of carbonyl (C=O) groups is 1. The summed E-state index contributed by atoms with van der Waals surface area (Å²) < 4.78 is 27.6. The minimum atomic E-state index is -0.339. The first-order valence-electron chi connectivity index (χ1n) is 12.8. The molecule has 0 atom stereocenters. The summed E-state index contributed by atoms with van der Waals surface area (Å²) in [6, 6.07) is 14.1. The minimum Gasteiger partial charge on any atom is -0.457 e. The van der Waals surface area contributed by atoms with Gasteiger partial charge in [0, 0.05) is 45.6 Å². The smallest absolute Gasteiger partial charge is 0.208 e. The number of piperidine rings is 1. The molecule has 0 spiro atoms. The maximum Gasteiger partial charge on any atom is 0.208 e. The van der Waals surface area contributed by atoms with Gasteiger partial charge < -0.3 is 19.4 Å². The standard InChI is InChI=1S/C29H32FN5O3/c1-19-4-6-25(30)26(14-19)32-29-33-27-17-23(5-7-28(27)34(29)2)38-24-8-11-31-20(16-24)15-21(36)18-35-12-9-22(37-3)10-13-35/h4-8,11,14,16-17,22H,9-10,12-13,15,18H2,1-3H3,(H,32,33). The molecule has 9 heteroatoms.